The van der Waals surface area contributed by atoms with Crippen LogP contribution in [0.15, 0.2) is 48.7 Å². The first-order valence-corrected chi connectivity index (χ1v) is 11.3. The van der Waals surface area contributed by atoms with Crippen molar-refractivity contribution in [1.29, 1.82) is 0 Å². The molecule has 158 valence electrons. The maximum atomic E-state index is 5.37. The molecule has 3 aromatic rings. The highest BCUT2D eigenvalue weighted by Gasteiger charge is 2.28. The third-order valence-electron chi connectivity index (χ3n) is 6.78. The minimum absolute atomic E-state index is 0.688. The van der Waals surface area contributed by atoms with Crippen LogP contribution in [0.25, 0.3) is 22.2 Å². The van der Waals surface area contributed by atoms with Crippen LogP contribution in [-0.4, -0.2) is 65.3 Å². The van der Waals surface area contributed by atoms with Gasteiger partial charge in [-0.2, -0.15) is 0 Å². The van der Waals surface area contributed by atoms with E-state index in [1.165, 1.54) is 48.7 Å². The monoisotopic (exact) mass is 404 g/mol. The number of imidazole rings is 1. The maximum Gasteiger partial charge on any atom is 0.140 e. The Balaban J connectivity index is 1.37. The number of aromatic nitrogens is 2. The van der Waals surface area contributed by atoms with Gasteiger partial charge in [0, 0.05) is 64.2 Å². The Morgan fingerprint density at radius 1 is 1.00 bits per heavy atom. The van der Waals surface area contributed by atoms with Crippen LogP contribution in [0, 0.1) is 0 Å². The van der Waals surface area contributed by atoms with Gasteiger partial charge in [-0.15, -0.1) is 0 Å². The number of hydrogen-bond donors (Lipinski definition) is 0. The fourth-order valence-corrected chi connectivity index (χ4v) is 4.81. The number of ether oxygens (including phenoxy) is 1. The topological polar surface area (TPSA) is 33.5 Å². The number of rotatable bonds is 7. The first-order chi connectivity index (χ1) is 14.8. The zero-order valence-electron chi connectivity index (χ0n) is 18.0. The van der Waals surface area contributed by atoms with Gasteiger partial charge in [-0.1, -0.05) is 48.9 Å². The number of methoxy groups -OCH3 is 1. The highest BCUT2D eigenvalue weighted by atomic mass is 16.5. The third-order valence-corrected chi connectivity index (χ3v) is 6.78. The molecule has 0 amide bonds. The number of hydrogen-bond acceptors (Lipinski definition) is 4. The van der Waals surface area contributed by atoms with Crippen LogP contribution >= 0.6 is 0 Å². The number of nitrogens with zero attached hydrogens (tertiary/aromatic N) is 4. The van der Waals surface area contributed by atoms with Crippen LogP contribution in [0.3, 0.4) is 0 Å². The molecule has 1 saturated carbocycles. The molecule has 2 fully saturated rings. The van der Waals surface area contributed by atoms with Crippen LogP contribution in [0.5, 0.6) is 0 Å². The van der Waals surface area contributed by atoms with Gasteiger partial charge in [-0.05, 0) is 23.6 Å². The molecule has 1 aliphatic carbocycles. The summed E-state index contributed by atoms with van der Waals surface area (Å²) in [7, 11) is 1.76. The molecule has 0 unspecified atom stereocenters. The summed E-state index contributed by atoms with van der Waals surface area (Å²) in [6, 6.07) is 15.9. The molecule has 0 atom stereocenters. The fourth-order valence-electron chi connectivity index (χ4n) is 4.81. The predicted octanol–water partition coefficient (Wildman–Crippen LogP) is 4.02. The van der Waals surface area contributed by atoms with E-state index in [1.54, 1.807) is 7.11 Å². The van der Waals surface area contributed by atoms with E-state index in [0.717, 1.165) is 43.7 Å². The van der Waals surface area contributed by atoms with Gasteiger partial charge in [0.2, 0.25) is 0 Å². The van der Waals surface area contributed by atoms with Crippen LogP contribution in [0.4, 0.5) is 0 Å². The normalized spacial score (nSPS) is 18.7. The van der Waals surface area contributed by atoms with Crippen molar-refractivity contribution >= 4 is 10.8 Å². The number of fused-ring (bicyclic) bond motifs is 1. The smallest absolute Gasteiger partial charge is 0.140 e. The molecule has 0 N–H and O–H groups in total. The lowest BCUT2D eigenvalue weighted by molar-refractivity contribution is 0.0583. The molecule has 5 heteroatoms. The highest BCUT2D eigenvalue weighted by molar-refractivity contribution is 5.95. The molecule has 1 aliphatic heterocycles. The molecule has 5 nitrogen and oxygen atoms in total. The van der Waals surface area contributed by atoms with Crippen LogP contribution in [0.1, 0.15) is 25.0 Å². The summed E-state index contributed by atoms with van der Waals surface area (Å²) in [6.45, 7) is 7.12. The Morgan fingerprint density at radius 3 is 2.57 bits per heavy atom. The molecule has 0 radical (unpaired) electrons. The average Bonchev–Trinajstić information content (AvgIpc) is 3.14. The summed E-state index contributed by atoms with van der Waals surface area (Å²) in [5, 5.41) is 2.51. The summed E-state index contributed by atoms with van der Waals surface area (Å²) in [6.07, 6.45) is 6.45. The van der Waals surface area contributed by atoms with Gasteiger partial charge in [0.1, 0.15) is 5.82 Å². The number of piperazine rings is 1. The second kappa shape index (κ2) is 8.88. The van der Waals surface area contributed by atoms with Gasteiger partial charge in [0.15, 0.2) is 0 Å². The van der Waals surface area contributed by atoms with E-state index in [4.69, 9.17) is 9.72 Å². The SMILES string of the molecule is COCCn1cc(CN2CCN(C3CCC3)CC2)nc1-c1cccc2ccccc12. The molecule has 2 heterocycles. The average molecular weight is 405 g/mol. The van der Waals surface area contributed by atoms with Crippen molar-refractivity contribution in [3.8, 4) is 11.4 Å². The van der Waals surface area contributed by atoms with Gasteiger partial charge in [-0.25, -0.2) is 4.98 Å². The standard InChI is InChI=1S/C25H32N4O/c1-30-17-16-29-19-21(18-27-12-14-28(15-13-27)22-8-5-9-22)26-25(29)24-11-4-7-20-6-2-3-10-23(20)24/h2-4,6-7,10-11,19,22H,5,8-9,12-18H2,1H3. The fraction of sp³-hybridized carbons (Fsp3) is 0.480. The van der Waals surface area contributed by atoms with E-state index in [9.17, 15) is 0 Å². The Labute approximate surface area is 179 Å². The van der Waals surface area contributed by atoms with E-state index in [2.05, 4.69) is 63.0 Å². The Hall–Kier alpha value is -2.21. The zero-order valence-corrected chi connectivity index (χ0v) is 18.0. The number of benzene rings is 2. The van der Waals surface area contributed by atoms with Crippen molar-refractivity contribution in [3.63, 3.8) is 0 Å². The Bertz CT molecular complexity index is 980. The van der Waals surface area contributed by atoms with E-state index < -0.39 is 0 Å². The minimum Gasteiger partial charge on any atom is -0.383 e. The van der Waals surface area contributed by atoms with E-state index in [0.29, 0.717) is 6.61 Å². The third kappa shape index (κ3) is 4.02. The van der Waals surface area contributed by atoms with E-state index >= 15 is 0 Å². The van der Waals surface area contributed by atoms with Gasteiger partial charge < -0.3 is 9.30 Å². The van der Waals surface area contributed by atoms with Crippen molar-refractivity contribution in [2.24, 2.45) is 0 Å². The van der Waals surface area contributed by atoms with Gasteiger partial charge in [0.25, 0.3) is 0 Å². The predicted molar refractivity (Wildman–Crippen MR) is 122 cm³/mol. The van der Waals surface area contributed by atoms with Crippen LogP contribution in [0.2, 0.25) is 0 Å². The molecule has 5 rings (SSSR count). The molecule has 1 aromatic heterocycles. The van der Waals surface area contributed by atoms with Gasteiger partial charge >= 0.3 is 0 Å². The largest absolute Gasteiger partial charge is 0.383 e. The second-order valence-electron chi connectivity index (χ2n) is 8.67. The van der Waals surface area contributed by atoms with Gasteiger partial charge in [-0.3, -0.25) is 9.80 Å². The quantitative estimate of drug-likeness (QED) is 0.596. The summed E-state index contributed by atoms with van der Waals surface area (Å²) >= 11 is 0. The molecule has 0 bridgehead atoms. The van der Waals surface area contributed by atoms with Crippen molar-refractivity contribution in [2.75, 3.05) is 39.9 Å². The molecule has 2 aliphatic rings. The lowest BCUT2D eigenvalue weighted by Crippen LogP contribution is -2.51. The molecule has 30 heavy (non-hydrogen) atoms. The van der Waals surface area contributed by atoms with Crippen LogP contribution in [-0.2, 0) is 17.8 Å². The van der Waals surface area contributed by atoms with E-state index in [1.807, 2.05) is 0 Å². The Kier molecular flexibility index (Phi) is 5.84. The molecular weight excluding hydrogens is 372 g/mol. The second-order valence-corrected chi connectivity index (χ2v) is 8.67. The van der Waals surface area contributed by atoms with Crippen molar-refractivity contribution < 1.29 is 4.74 Å². The highest BCUT2D eigenvalue weighted by Crippen LogP contribution is 2.29. The summed E-state index contributed by atoms with van der Waals surface area (Å²) in [5.41, 5.74) is 2.36. The van der Waals surface area contributed by atoms with E-state index in [-0.39, 0.29) is 0 Å². The lowest BCUT2D eigenvalue weighted by Gasteiger charge is -2.42. The minimum atomic E-state index is 0.688. The lowest BCUT2D eigenvalue weighted by atomic mass is 9.91. The molecule has 0 spiro atoms. The molecular formula is C25H32N4O. The zero-order chi connectivity index (χ0) is 20.3. The first-order valence-electron chi connectivity index (χ1n) is 11.3. The molecule has 1 saturated heterocycles. The maximum absolute atomic E-state index is 5.37. The summed E-state index contributed by atoms with van der Waals surface area (Å²) in [5.74, 6) is 1.05. The van der Waals surface area contributed by atoms with Crippen molar-refractivity contribution in [1.82, 2.24) is 19.4 Å². The summed E-state index contributed by atoms with van der Waals surface area (Å²) < 4.78 is 7.64. The first kappa shape index (κ1) is 19.7. The van der Waals surface area contributed by atoms with Crippen LogP contribution < -0.4 is 0 Å². The summed E-state index contributed by atoms with van der Waals surface area (Å²) in [4.78, 5) is 10.4. The van der Waals surface area contributed by atoms with Crippen molar-refractivity contribution in [3.05, 3.63) is 54.4 Å². The molecule has 2 aromatic carbocycles. The van der Waals surface area contributed by atoms with Gasteiger partial charge in [0.05, 0.1) is 12.3 Å². The van der Waals surface area contributed by atoms with Crippen molar-refractivity contribution in [2.45, 2.75) is 38.4 Å². The Morgan fingerprint density at radius 2 is 1.80 bits per heavy atom.